The fourth-order valence-corrected chi connectivity index (χ4v) is 0.342. The van der Waals surface area contributed by atoms with Crippen molar-refractivity contribution in [1.82, 2.24) is 0 Å². The van der Waals surface area contributed by atoms with Crippen LogP contribution < -0.4 is 0 Å². The molecule has 0 saturated carbocycles. The Bertz CT molecular complexity index is 76.1. The molecular weight excluding hydrogens is 137 g/mol. The Morgan fingerprint density at radius 1 is 0.857 bits per heavy atom. The Morgan fingerprint density at radius 3 is 1.57 bits per heavy atom. The summed E-state index contributed by atoms with van der Waals surface area (Å²) < 4.78 is 0. The minimum atomic E-state index is 0. The fourth-order valence-electron chi connectivity index (χ4n) is 0.342. The molecule has 1 radical (unpaired) electrons. The second-order valence-electron chi connectivity index (χ2n) is 1.08. The molecule has 0 atom stereocenters. The third kappa shape index (κ3) is 2.53. The SMILES string of the molecule is [ZnH+].[c-]1ccccc1. The number of rotatable bonds is 0. The summed E-state index contributed by atoms with van der Waals surface area (Å²) in [7, 11) is 0. The summed E-state index contributed by atoms with van der Waals surface area (Å²) in [5, 5.41) is 0. The molecule has 0 heterocycles. The Morgan fingerprint density at radius 2 is 1.43 bits per heavy atom. The number of hydrogen-bond acceptors (Lipinski definition) is 0. The molecule has 0 aliphatic carbocycles. The minimum absolute atomic E-state index is 0. The van der Waals surface area contributed by atoms with E-state index in [-0.39, 0.29) is 19.5 Å². The van der Waals surface area contributed by atoms with Crippen LogP contribution in [0.4, 0.5) is 0 Å². The minimum Gasteiger partial charge on any atom is -0.184 e. The monoisotopic (exact) mass is 142 g/mol. The third-order valence-corrected chi connectivity index (χ3v) is 0.607. The molecule has 7 heavy (non-hydrogen) atoms. The maximum Gasteiger partial charge on any atom is -0.171 e. The molecule has 0 fully saturated rings. The average Bonchev–Trinajstić information content (AvgIpc) is 1.72. The number of benzene rings is 1. The molecule has 0 saturated heterocycles. The van der Waals surface area contributed by atoms with Gasteiger partial charge in [0.2, 0.25) is 0 Å². The van der Waals surface area contributed by atoms with Gasteiger partial charge in [-0.1, -0.05) is 0 Å². The Balaban J connectivity index is 0.000000360. The molecule has 1 aromatic carbocycles. The van der Waals surface area contributed by atoms with Gasteiger partial charge in [0.05, 0.1) is 0 Å². The van der Waals surface area contributed by atoms with E-state index in [0.717, 1.165) is 0 Å². The van der Waals surface area contributed by atoms with E-state index in [0.29, 0.717) is 0 Å². The van der Waals surface area contributed by atoms with Crippen molar-refractivity contribution in [3.63, 3.8) is 0 Å². The molecule has 0 aliphatic rings. The number of hydrogen-bond donors (Lipinski definition) is 0. The topological polar surface area (TPSA) is 0 Å². The summed E-state index contributed by atoms with van der Waals surface area (Å²) in [5.74, 6) is 0. The second-order valence-corrected chi connectivity index (χ2v) is 1.08. The molecule has 0 amide bonds. The van der Waals surface area contributed by atoms with E-state index >= 15 is 0 Å². The molecule has 1 rings (SSSR count). The van der Waals surface area contributed by atoms with Crippen molar-refractivity contribution in [1.29, 1.82) is 0 Å². The Kier molecular flexibility index (Phi) is 3.92. The van der Waals surface area contributed by atoms with Crippen LogP contribution in [-0.4, -0.2) is 0 Å². The summed E-state index contributed by atoms with van der Waals surface area (Å²) in [6.07, 6.45) is 0. The summed E-state index contributed by atoms with van der Waals surface area (Å²) in [6.45, 7) is 0. The van der Waals surface area contributed by atoms with Crippen molar-refractivity contribution in [2.75, 3.05) is 0 Å². The summed E-state index contributed by atoms with van der Waals surface area (Å²) in [5.41, 5.74) is 0. The van der Waals surface area contributed by atoms with Crippen LogP contribution in [0.5, 0.6) is 0 Å². The van der Waals surface area contributed by atoms with Gasteiger partial charge in [0.25, 0.3) is 0 Å². The Hall–Kier alpha value is -0.157. The van der Waals surface area contributed by atoms with Gasteiger partial charge in [-0.15, -0.1) is 0 Å². The van der Waals surface area contributed by atoms with Crippen molar-refractivity contribution in [3.8, 4) is 0 Å². The van der Waals surface area contributed by atoms with Crippen LogP contribution >= 0.6 is 0 Å². The molecule has 0 unspecified atom stereocenters. The van der Waals surface area contributed by atoms with Crippen LogP contribution in [-0.2, 0) is 19.5 Å². The maximum atomic E-state index is 2.89. The molecule has 0 nitrogen and oxygen atoms in total. The predicted molar refractivity (Wildman–Crippen MR) is 26.7 cm³/mol. The summed E-state index contributed by atoms with van der Waals surface area (Å²) in [6, 6.07) is 12.5. The van der Waals surface area contributed by atoms with Crippen molar-refractivity contribution in [2.24, 2.45) is 0 Å². The van der Waals surface area contributed by atoms with Gasteiger partial charge in [-0.3, -0.25) is 0 Å². The largest absolute Gasteiger partial charge is 0.184 e. The molecule has 1 heteroatoms. The van der Waals surface area contributed by atoms with E-state index < -0.39 is 0 Å². The smallest absolute Gasteiger partial charge is 0.171 e. The van der Waals surface area contributed by atoms with Crippen LogP contribution in [0.3, 0.4) is 0 Å². The van der Waals surface area contributed by atoms with Gasteiger partial charge in [0.15, 0.2) is 0 Å². The molecule has 32 valence electrons. The van der Waals surface area contributed by atoms with Crippen molar-refractivity contribution in [3.05, 3.63) is 36.4 Å². The van der Waals surface area contributed by atoms with Gasteiger partial charge in [0, 0.05) is 0 Å². The van der Waals surface area contributed by atoms with E-state index in [4.69, 9.17) is 0 Å². The van der Waals surface area contributed by atoms with E-state index in [1.54, 1.807) is 0 Å². The molecule has 0 N–H and O–H groups in total. The van der Waals surface area contributed by atoms with E-state index in [9.17, 15) is 0 Å². The van der Waals surface area contributed by atoms with Gasteiger partial charge in [0.1, 0.15) is 0 Å². The van der Waals surface area contributed by atoms with Crippen LogP contribution in [0.1, 0.15) is 0 Å². The first kappa shape index (κ1) is 6.84. The molecular formula is C6H6Zn. The molecule has 0 aliphatic heterocycles. The van der Waals surface area contributed by atoms with Gasteiger partial charge in [-0.25, -0.2) is 0 Å². The van der Waals surface area contributed by atoms with Gasteiger partial charge >= 0.3 is 19.5 Å². The second kappa shape index (κ2) is 4.01. The molecule has 0 spiro atoms. The molecule has 0 aromatic heterocycles. The Labute approximate surface area is 56.3 Å². The van der Waals surface area contributed by atoms with Gasteiger partial charge in [-0.05, 0) is 0 Å². The van der Waals surface area contributed by atoms with E-state index in [1.165, 1.54) is 0 Å². The van der Waals surface area contributed by atoms with Gasteiger partial charge < -0.3 is 0 Å². The van der Waals surface area contributed by atoms with E-state index in [1.807, 2.05) is 30.3 Å². The first-order valence-corrected chi connectivity index (χ1v) is 1.91. The molecule has 1 aromatic rings. The zero-order valence-electron chi connectivity index (χ0n) is 4.39. The fraction of sp³-hybridized carbons (Fsp3) is 0. The molecule has 0 bridgehead atoms. The zero-order chi connectivity index (χ0) is 4.24. The van der Waals surface area contributed by atoms with E-state index in [2.05, 4.69) is 6.07 Å². The predicted octanol–water partition coefficient (Wildman–Crippen LogP) is 1.22. The summed E-state index contributed by atoms with van der Waals surface area (Å²) >= 11 is 0. The standard InChI is InChI=1S/C6H5.Zn.H/c1-2-4-6-5-3-1;;/h1-5H;;/q-1;+1;. The quantitative estimate of drug-likeness (QED) is 0.378. The normalized spacial score (nSPS) is 6.86. The van der Waals surface area contributed by atoms with Crippen molar-refractivity contribution in [2.45, 2.75) is 0 Å². The first-order chi connectivity index (χ1) is 3.00. The summed E-state index contributed by atoms with van der Waals surface area (Å²) in [4.78, 5) is 0. The maximum absolute atomic E-state index is 2.89. The first-order valence-electron chi connectivity index (χ1n) is 1.91. The zero-order valence-corrected chi connectivity index (χ0v) is 8.58. The third-order valence-electron chi connectivity index (χ3n) is 0.607. The van der Waals surface area contributed by atoms with Crippen molar-refractivity contribution < 1.29 is 19.5 Å². The average molecular weight is 144 g/mol. The van der Waals surface area contributed by atoms with Gasteiger partial charge in [-0.2, -0.15) is 36.4 Å². The van der Waals surface area contributed by atoms with Crippen molar-refractivity contribution >= 4 is 0 Å². The van der Waals surface area contributed by atoms with Crippen LogP contribution in [0.25, 0.3) is 0 Å². The van der Waals surface area contributed by atoms with Crippen LogP contribution in [0, 0.1) is 6.07 Å². The van der Waals surface area contributed by atoms with Crippen LogP contribution in [0.2, 0.25) is 0 Å². The van der Waals surface area contributed by atoms with Crippen LogP contribution in [0.15, 0.2) is 30.3 Å².